The van der Waals surface area contributed by atoms with E-state index >= 15 is 0 Å². The van der Waals surface area contributed by atoms with Crippen LogP contribution in [0.2, 0.25) is 0 Å². The summed E-state index contributed by atoms with van der Waals surface area (Å²) in [6.45, 7) is 11.6. The van der Waals surface area contributed by atoms with Gasteiger partial charge in [0.2, 0.25) is 11.8 Å². The summed E-state index contributed by atoms with van der Waals surface area (Å²) in [4.78, 5) is 21.2. The van der Waals surface area contributed by atoms with Gasteiger partial charge in [-0.2, -0.15) is 4.98 Å². The van der Waals surface area contributed by atoms with Crippen molar-refractivity contribution >= 4 is 11.6 Å². The van der Waals surface area contributed by atoms with E-state index in [4.69, 9.17) is 4.52 Å². The Labute approximate surface area is 161 Å². The fourth-order valence-electron chi connectivity index (χ4n) is 3.25. The lowest BCUT2D eigenvalue weighted by atomic mass is 9.96. The van der Waals surface area contributed by atoms with E-state index in [-0.39, 0.29) is 11.3 Å². The highest BCUT2D eigenvalue weighted by molar-refractivity contribution is 5.76. The molecule has 3 rings (SSSR count). The minimum absolute atomic E-state index is 0.117. The number of hydrogen-bond donors (Lipinski definition) is 0. The first kappa shape index (κ1) is 19.4. The van der Waals surface area contributed by atoms with Crippen molar-refractivity contribution in [1.29, 1.82) is 0 Å². The molecule has 0 bridgehead atoms. The van der Waals surface area contributed by atoms with Gasteiger partial charge in [0.15, 0.2) is 5.82 Å². The molecule has 1 aliphatic rings. The van der Waals surface area contributed by atoms with E-state index in [2.05, 4.69) is 67.0 Å². The molecule has 0 N–H and O–H groups in total. The molecule has 27 heavy (non-hydrogen) atoms. The highest BCUT2D eigenvalue weighted by atomic mass is 16.5. The minimum Gasteiger partial charge on any atom is -0.368 e. The van der Waals surface area contributed by atoms with Crippen LogP contribution in [0.5, 0.6) is 0 Å². The first-order valence-corrected chi connectivity index (χ1v) is 9.75. The Morgan fingerprint density at radius 3 is 2.56 bits per heavy atom. The number of anilines is 1. The molecule has 1 amide bonds. The molecule has 6 heteroatoms. The number of amides is 1. The van der Waals surface area contributed by atoms with Gasteiger partial charge in [0, 0.05) is 50.1 Å². The van der Waals surface area contributed by atoms with Gasteiger partial charge in [-0.25, -0.2) is 0 Å². The van der Waals surface area contributed by atoms with E-state index in [1.807, 2.05) is 4.90 Å². The Balaban J connectivity index is 1.42. The van der Waals surface area contributed by atoms with Crippen molar-refractivity contribution in [3.05, 3.63) is 41.5 Å². The van der Waals surface area contributed by atoms with Crippen LogP contribution in [0.4, 0.5) is 5.69 Å². The molecule has 6 nitrogen and oxygen atoms in total. The zero-order valence-corrected chi connectivity index (χ0v) is 16.9. The molecule has 146 valence electrons. The summed E-state index contributed by atoms with van der Waals surface area (Å²) < 4.78 is 5.30. The standard InChI is InChI=1S/C21H30N4O2/c1-16-7-5-8-17(15-16)24-11-13-25(14-12-24)19(26)10-6-9-18-22-20(23-27-18)21(2,3)4/h5,7-8,15H,6,9-14H2,1-4H3. The number of aromatic nitrogens is 2. The van der Waals surface area contributed by atoms with Gasteiger partial charge in [-0.05, 0) is 31.0 Å². The van der Waals surface area contributed by atoms with Crippen LogP contribution in [0.15, 0.2) is 28.8 Å². The molecule has 1 aliphatic heterocycles. The highest BCUT2D eigenvalue weighted by Gasteiger charge is 2.23. The van der Waals surface area contributed by atoms with Crippen molar-refractivity contribution in [2.24, 2.45) is 0 Å². The average molecular weight is 370 g/mol. The summed E-state index contributed by atoms with van der Waals surface area (Å²) in [6, 6.07) is 8.54. The maximum Gasteiger partial charge on any atom is 0.226 e. The van der Waals surface area contributed by atoms with Crippen LogP contribution in [0, 0.1) is 6.92 Å². The van der Waals surface area contributed by atoms with Crippen molar-refractivity contribution in [2.75, 3.05) is 31.1 Å². The first-order chi connectivity index (χ1) is 12.8. The molecule has 2 heterocycles. The third-order valence-corrected chi connectivity index (χ3v) is 4.92. The van der Waals surface area contributed by atoms with E-state index in [1.54, 1.807) is 0 Å². The zero-order chi connectivity index (χ0) is 19.4. The molecule has 1 fully saturated rings. The molecule has 0 spiro atoms. The van der Waals surface area contributed by atoms with Crippen LogP contribution in [-0.4, -0.2) is 47.1 Å². The number of aryl methyl sites for hydroxylation is 2. The second-order valence-electron chi connectivity index (χ2n) is 8.32. The van der Waals surface area contributed by atoms with Gasteiger partial charge in [-0.3, -0.25) is 4.79 Å². The van der Waals surface area contributed by atoms with Gasteiger partial charge in [0.1, 0.15) is 0 Å². The number of carbonyl (C=O) groups is 1. The summed E-state index contributed by atoms with van der Waals surface area (Å²) >= 11 is 0. The van der Waals surface area contributed by atoms with Gasteiger partial charge < -0.3 is 14.3 Å². The summed E-state index contributed by atoms with van der Waals surface area (Å²) in [5.74, 6) is 1.56. The van der Waals surface area contributed by atoms with Crippen molar-refractivity contribution in [2.45, 2.75) is 52.4 Å². The molecule has 1 saturated heterocycles. The maximum atomic E-state index is 12.5. The van der Waals surface area contributed by atoms with Crippen LogP contribution >= 0.6 is 0 Å². The van der Waals surface area contributed by atoms with Gasteiger partial charge in [-0.1, -0.05) is 38.1 Å². The van der Waals surface area contributed by atoms with Crippen LogP contribution in [-0.2, 0) is 16.6 Å². The summed E-state index contributed by atoms with van der Waals surface area (Å²) in [5, 5.41) is 4.03. The monoisotopic (exact) mass is 370 g/mol. The number of hydrogen-bond acceptors (Lipinski definition) is 5. The summed E-state index contributed by atoms with van der Waals surface area (Å²) in [7, 11) is 0. The average Bonchev–Trinajstić information content (AvgIpc) is 3.11. The van der Waals surface area contributed by atoms with Crippen LogP contribution in [0.1, 0.15) is 50.9 Å². The third-order valence-electron chi connectivity index (χ3n) is 4.92. The van der Waals surface area contributed by atoms with E-state index < -0.39 is 0 Å². The Morgan fingerprint density at radius 1 is 1.19 bits per heavy atom. The third kappa shape index (κ3) is 5.08. The van der Waals surface area contributed by atoms with Crippen LogP contribution in [0.25, 0.3) is 0 Å². The topological polar surface area (TPSA) is 62.5 Å². The van der Waals surface area contributed by atoms with E-state index in [9.17, 15) is 4.79 Å². The van der Waals surface area contributed by atoms with Gasteiger partial charge >= 0.3 is 0 Å². The van der Waals surface area contributed by atoms with E-state index in [0.717, 1.165) is 38.4 Å². The largest absolute Gasteiger partial charge is 0.368 e. The van der Waals surface area contributed by atoms with E-state index in [1.165, 1.54) is 11.3 Å². The Bertz CT molecular complexity index is 770. The molecule has 0 radical (unpaired) electrons. The van der Waals surface area contributed by atoms with Gasteiger partial charge in [0.25, 0.3) is 0 Å². The molecule has 2 aromatic rings. The molecule has 0 aliphatic carbocycles. The molecule has 0 saturated carbocycles. The SMILES string of the molecule is Cc1cccc(N2CCN(C(=O)CCCc3nc(C(C)(C)C)no3)CC2)c1. The molecule has 0 atom stereocenters. The van der Waals surface area contributed by atoms with Gasteiger partial charge in [-0.15, -0.1) is 0 Å². The first-order valence-electron chi connectivity index (χ1n) is 9.75. The second kappa shape index (κ2) is 8.11. The molecular formula is C21H30N4O2. The van der Waals surface area contributed by atoms with Crippen molar-refractivity contribution in [3.8, 4) is 0 Å². The second-order valence-corrected chi connectivity index (χ2v) is 8.32. The quantitative estimate of drug-likeness (QED) is 0.808. The molecule has 1 aromatic heterocycles. The van der Waals surface area contributed by atoms with E-state index in [0.29, 0.717) is 18.7 Å². The summed E-state index contributed by atoms with van der Waals surface area (Å²) in [5.41, 5.74) is 2.39. The van der Waals surface area contributed by atoms with Crippen LogP contribution in [0.3, 0.4) is 0 Å². The highest BCUT2D eigenvalue weighted by Crippen LogP contribution is 2.20. The number of rotatable bonds is 5. The number of nitrogens with zero attached hydrogens (tertiary/aromatic N) is 4. The molecular weight excluding hydrogens is 340 g/mol. The lowest BCUT2D eigenvalue weighted by Gasteiger charge is -2.36. The lowest BCUT2D eigenvalue weighted by molar-refractivity contribution is -0.131. The normalized spacial score (nSPS) is 15.3. The number of piperazine rings is 1. The van der Waals surface area contributed by atoms with Crippen molar-refractivity contribution in [3.63, 3.8) is 0 Å². The van der Waals surface area contributed by atoms with Crippen LogP contribution < -0.4 is 4.90 Å². The Hall–Kier alpha value is -2.37. The predicted octanol–water partition coefficient (Wildman–Crippen LogP) is 3.35. The predicted molar refractivity (Wildman–Crippen MR) is 106 cm³/mol. The molecule has 0 unspecified atom stereocenters. The number of benzene rings is 1. The fraction of sp³-hybridized carbons (Fsp3) is 0.571. The van der Waals surface area contributed by atoms with Crippen molar-refractivity contribution < 1.29 is 9.32 Å². The van der Waals surface area contributed by atoms with Crippen molar-refractivity contribution in [1.82, 2.24) is 15.0 Å². The zero-order valence-electron chi connectivity index (χ0n) is 16.9. The maximum absolute atomic E-state index is 12.5. The fourth-order valence-corrected chi connectivity index (χ4v) is 3.25. The summed E-state index contributed by atoms with van der Waals surface area (Å²) in [6.07, 6.45) is 1.92. The Morgan fingerprint density at radius 2 is 1.93 bits per heavy atom. The molecule has 1 aromatic carbocycles. The minimum atomic E-state index is -0.117. The van der Waals surface area contributed by atoms with Gasteiger partial charge in [0.05, 0.1) is 0 Å². The number of carbonyl (C=O) groups excluding carboxylic acids is 1. The smallest absolute Gasteiger partial charge is 0.226 e. The lowest BCUT2D eigenvalue weighted by Crippen LogP contribution is -2.48. The Kier molecular flexibility index (Phi) is 5.82.